The first-order chi connectivity index (χ1) is 10.1. The Morgan fingerprint density at radius 1 is 1.24 bits per heavy atom. The Kier molecular flexibility index (Phi) is 5.20. The number of ketones is 1. The van der Waals surface area contributed by atoms with Crippen molar-refractivity contribution in [2.24, 2.45) is 7.05 Å². The highest BCUT2D eigenvalue weighted by atomic mass is 16.1. The van der Waals surface area contributed by atoms with Gasteiger partial charge in [0.2, 0.25) is 0 Å². The van der Waals surface area contributed by atoms with Gasteiger partial charge in [0, 0.05) is 12.7 Å². The van der Waals surface area contributed by atoms with Crippen LogP contribution in [0.25, 0.3) is 0 Å². The summed E-state index contributed by atoms with van der Waals surface area (Å²) in [5, 5.41) is 4.46. The number of aromatic nitrogens is 2. The van der Waals surface area contributed by atoms with Crippen LogP contribution >= 0.6 is 0 Å². The van der Waals surface area contributed by atoms with Gasteiger partial charge in [0.05, 0.1) is 17.7 Å². The molecule has 1 aromatic heterocycles. The molecule has 0 spiro atoms. The third kappa shape index (κ3) is 3.05. The van der Waals surface area contributed by atoms with Crippen molar-refractivity contribution in [2.45, 2.75) is 64.8 Å². The number of rotatable bonds is 7. The molecule has 0 saturated carbocycles. The van der Waals surface area contributed by atoms with E-state index in [0.717, 1.165) is 43.7 Å². The third-order valence-electron chi connectivity index (χ3n) is 5.13. The van der Waals surface area contributed by atoms with Gasteiger partial charge >= 0.3 is 0 Å². The zero-order valence-electron chi connectivity index (χ0n) is 14.0. The highest BCUT2D eigenvalue weighted by Gasteiger charge is 2.41. The van der Waals surface area contributed by atoms with Gasteiger partial charge in [-0.05, 0) is 51.3 Å². The summed E-state index contributed by atoms with van der Waals surface area (Å²) in [4.78, 5) is 15.5. The summed E-state index contributed by atoms with van der Waals surface area (Å²) in [6.45, 7) is 8.54. The lowest BCUT2D eigenvalue weighted by Gasteiger charge is -2.39. The number of carbonyl (C=O) groups excluding carboxylic acids is 1. The van der Waals surface area contributed by atoms with Crippen molar-refractivity contribution in [3.8, 4) is 0 Å². The summed E-state index contributed by atoms with van der Waals surface area (Å²) >= 11 is 0. The second-order valence-corrected chi connectivity index (χ2v) is 6.14. The fourth-order valence-electron chi connectivity index (χ4n) is 3.65. The van der Waals surface area contributed by atoms with Gasteiger partial charge in [0.1, 0.15) is 0 Å². The summed E-state index contributed by atoms with van der Waals surface area (Å²) < 4.78 is 1.87. The summed E-state index contributed by atoms with van der Waals surface area (Å²) in [5.41, 5.74) is 1.84. The minimum Gasteiger partial charge on any atom is -0.297 e. The Morgan fingerprint density at radius 3 is 2.33 bits per heavy atom. The Balaban J connectivity index is 2.20. The number of likely N-dealkylation sites (tertiary alicyclic amines) is 1. The van der Waals surface area contributed by atoms with Gasteiger partial charge in [-0.2, -0.15) is 5.10 Å². The smallest absolute Gasteiger partial charge is 0.158 e. The van der Waals surface area contributed by atoms with E-state index in [1.165, 1.54) is 12.8 Å². The molecule has 0 bridgehead atoms. The highest BCUT2D eigenvalue weighted by Crippen LogP contribution is 2.30. The normalized spacial score (nSPS) is 16.6. The van der Waals surface area contributed by atoms with Crippen molar-refractivity contribution in [3.05, 3.63) is 17.5 Å². The molecular formula is C17H29N3O. The maximum atomic E-state index is 13.1. The zero-order chi connectivity index (χ0) is 15.5. The topological polar surface area (TPSA) is 38.1 Å². The largest absolute Gasteiger partial charge is 0.297 e. The number of Topliss-reactive ketones (excluding diaryl/α,β-unsaturated/α-hetero) is 1. The first-order valence-corrected chi connectivity index (χ1v) is 8.37. The molecule has 0 aromatic carbocycles. The van der Waals surface area contributed by atoms with E-state index < -0.39 is 0 Å². The van der Waals surface area contributed by atoms with Crippen LogP contribution in [0, 0.1) is 0 Å². The van der Waals surface area contributed by atoms with Crippen molar-refractivity contribution in [3.63, 3.8) is 0 Å². The average Bonchev–Trinajstić information content (AvgIpc) is 3.12. The van der Waals surface area contributed by atoms with E-state index >= 15 is 0 Å². The van der Waals surface area contributed by atoms with E-state index in [1.807, 2.05) is 11.7 Å². The SMILES string of the molecule is CCc1cc(CC(=O)C(CC)(CC)N2CCCC2)n(C)n1. The molecule has 118 valence electrons. The molecule has 0 N–H and O–H groups in total. The van der Waals surface area contributed by atoms with Crippen molar-refractivity contribution in [1.29, 1.82) is 0 Å². The minimum absolute atomic E-state index is 0.271. The Labute approximate surface area is 128 Å². The summed E-state index contributed by atoms with van der Waals surface area (Å²) in [5.74, 6) is 0.361. The molecule has 0 aliphatic carbocycles. The maximum absolute atomic E-state index is 13.1. The molecular weight excluding hydrogens is 262 g/mol. The van der Waals surface area contributed by atoms with Gasteiger partial charge in [-0.15, -0.1) is 0 Å². The van der Waals surface area contributed by atoms with Crippen LogP contribution in [-0.4, -0.2) is 39.1 Å². The molecule has 0 atom stereocenters. The highest BCUT2D eigenvalue weighted by molar-refractivity contribution is 5.90. The molecule has 0 radical (unpaired) electrons. The lowest BCUT2D eigenvalue weighted by molar-refractivity contribution is -0.130. The molecule has 1 saturated heterocycles. The summed E-state index contributed by atoms with van der Waals surface area (Å²) in [6, 6.07) is 2.08. The lowest BCUT2D eigenvalue weighted by atomic mass is 9.84. The lowest BCUT2D eigenvalue weighted by Crippen LogP contribution is -2.53. The van der Waals surface area contributed by atoms with Gasteiger partial charge in [-0.1, -0.05) is 20.8 Å². The Hall–Kier alpha value is -1.16. The molecule has 4 nitrogen and oxygen atoms in total. The van der Waals surface area contributed by atoms with Crippen LogP contribution in [0.5, 0.6) is 0 Å². The van der Waals surface area contributed by atoms with Crippen molar-refractivity contribution < 1.29 is 4.79 Å². The fraction of sp³-hybridized carbons (Fsp3) is 0.765. The first-order valence-electron chi connectivity index (χ1n) is 8.37. The van der Waals surface area contributed by atoms with E-state index in [1.54, 1.807) is 0 Å². The first kappa shape index (κ1) is 16.2. The molecule has 4 heteroatoms. The van der Waals surface area contributed by atoms with Gasteiger partial charge < -0.3 is 0 Å². The molecule has 21 heavy (non-hydrogen) atoms. The van der Waals surface area contributed by atoms with Crippen LogP contribution in [0.1, 0.15) is 57.8 Å². The number of aryl methyl sites for hydroxylation is 2. The standard InChI is InChI=1S/C17H29N3O/c1-5-14-12-15(19(4)18-14)13-16(21)17(6-2,7-3)20-10-8-9-11-20/h12H,5-11,13H2,1-4H3. The summed E-state index contributed by atoms with van der Waals surface area (Å²) in [6.07, 6.45) is 5.67. The quantitative estimate of drug-likeness (QED) is 0.775. The molecule has 1 aromatic rings. The molecule has 2 rings (SSSR count). The van der Waals surface area contributed by atoms with Crippen LogP contribution in [0.2, 0.25) is 0 Å². The van der Waals surface area contributed by atoms with E-state index in [0.29, 0.717) is 12.2 Å². The van der Waals surface area contributed by atoms with Crippen molar-refractivity contribution >= 4 is 5.78 Å². The van der Waals surface area contributed by atoms with Gasteiger partial charge in [-0.25, -0.2) is 0 Å². The summed E-state index contributed by atoms with van der Waals surface area (Å²) in [7, 11) is 1.94. The van der Waals surface area contributed by atoms with Gasteiger partial charge in [0.25, 0.3) is 0 Å². The number of nitrogens with zero attached hydrogens (tertiary/aromatic N) is 3. The number of hydrogen-bond acceptors (Lipinski definition) is 3. The van der Waals surface area contributed by atoms with Crippen LogP contribution in [0.4, 0.5) is 0 Å². The predicted molar refractivity (Wildman–Crippen MR) is 85.4 cm³/mol. The Morgan fingerprint density at radius 2 is 1.86 bits per heavy atom. The molecule has 0 unspecified atom stereocenters. The van der Waals surface area contributed by atoms with E-state index in [-0.39, 0.29) is 5.54 Å². The molecule has 2 heterocycles. The van der Waals surface area contributed by atoms with E-state index in [9.17, 15) is 4.79 Å². The van der Waals surface area contributed by atoms with Crippen LogP contribution < -0.4 is 0 Å². The fourth-order valence-corrected chi connectivity index (χ4v) is 3.65. The predicted octanol–water partition coefficient (Wildman–Crippen LogP) is 2.75. The average molecular weight is 291 g/mol. The van der Waals surface area contributed by atoms with Crippen LogP contribution in [0.15, 0.2) is 6.07 Å². The van der Waals surface area contributed by atoms with E-state index in [2.05, 4.69) is 36.8 Å². The van der Waals surface area contributed by atoms with Crippen molar-refractivity contribution in [2.75, 3.05) is 13.1 Å². The molecule has 1 fully saturated rings. The number of hydrogen-bond donors (Lipinski definition) is 0. The Bertz CT molecular complexity index is 482. The number of carbonyl (C=O) groups is 1. The molecule has 1 aliphatic heterocycles. The van der Waals surface area contributed by atoms with E-state index in [4.69, 9.17) is 0 Å². The van der Waals surface area contributed by atoms with Crippen LogP contribution in [-0.2, 0) is 24.7 Å². The second kappa shape index (κ2) is 6.73. The molecule has 0 amide bonds. The van der Waals surface area contributed by atoms with Gasteiger partial charge in [0.15, 0.2) is 5.78 Å². The minimum atomic E-state index is -0.271. The monoisotopic (exact) mass is 291 g/mol. The molecule has 1 aliphatic rings. The second-order valence-electron chi connectivity index (χ2n) is 6.14. The van der Waals surface area contributed by atoms with Crippen LogP contribution in [0.3, 0.4) is 0 Å². The zero-order valence-corrected chi connectivity index (χ0v) is 14.0. The van der Waals surface area contributed by atoms with Crippen molar-refractivity contribution in [1.82, 2.24) is 14.7 Å². The third-order valence-corrected chi connectivity index (χ3v) is 5.13. The maximum Gasteiger partial charge on any atom is 0.158 e. The van der Waals surface area contributed by atoms with Gasteiger partial charge in [-0.3, -0.25) is 14.4 Å².